The van der Waals surface area contributed by atoms with Crippen LogP contribution in [0.5, 0.6) is 0 Å². The van der Waals surface area contributed by atoms with E-state index in [0.29, 0.717) is 5.41 Å². The van der Waals surface area contributed by atoms with Crippen LogP contribution in [0.25, 0.3) is 0 Å². The number of hydrogen-bond donors (Lipinski definition) is 1. The summed E-state index contributed by atoms with van der Waals surface area (Å²) in [6.45, 7) is 0. The Morgan fingerprint density at radius 3 is 2.19 bits per heavy atom. The van der Waals surface area contributed by atoms with E-state index in [2.05, 4.69) is 4.99 Å². The van der Waals surface area contributed by atoms with Gasteiger partial charge in [0.15, 0.2) is 5.60 Å². The molecule has 88 valence electrons. The minimum Gasteiger partial charge on any atom is -0.448 e. The second kappa shape index (κ2) is 3.22. The van der Waals surface area contributed by atoms with Gasteiger partial charge in [0.1, 0.15) is 0 Å². The minimum atomic E-state index is -0.683. The average molecular weight is 222 g/mol. The first-order valence-electron chi connectivity index (χ1n) is 6.22. The summed E-state index contributed by atoms with van der Waals surface area (Å²) in [6.07, 6.45) is 9.15. The fourth-order valence-electron chi connectivity index (χ4n) is 3.59. The Bertz CT molecular complexity index is 346. The van der Waals surface area contributed by atoms with Crippen LogP contribution >= 0.6 is 0 Å². The molecule has 16 heavy (non-hydrogen) atoms. The normalized spacial score (nSPS) is 30.8. The van der Waals surface area contributed by atoms with Gasteiger partial charge in [0.2, 0.25) is 0 Å². The highest BCUT2D eigenvalue weighted by atomic mass is 16.5. The van der Waals surface area contributed by atoms with Crippen molar-refractivity contribution in [1.29, 1.82) is 0 Å². The maximum Gasteiger partial charge on any atom is 0.294 e. The van der Waals surface area contributed by atoms with Gasteiger partial charge in [-0.2, -0.15) is 4.99 Å². The molecule has 0 unspecified atom stereocenters. The zero-order valence-corrected chi connectivity index (χ0v) is 9.50. The minimum absolute atomic E-state index is 0.0624. The average Bonchev–Trinajstić information content (AvgIpc) is 2.80. The van der Waals surface area contributed by atoms with Crippen LogP contribution in [0.3, 0.4) is 0 Å². The maximum atomic E-state index is 11.8. The number of ether oxygens (including phenoxy) is 1. The number of hydrogen-bond acceptors (Lipinski definition) is 3. The van der Waals surface area contributed by atoms with Gasteiger partial charge in [0.25, 0.3) is 11.9 Å². The Hall–Kier alpha value is -1.06. The molecule has 3 aliphatic rings. The summed E-state index contributed by atoms with van der Waals surface area (Å²) >= 11 is 0. The quantitative estimate of drug-likeness (QED) is 0.678. The smallest absolute Gasteiger partial charge is 0.294 e. The molecule has 0 atom stereocenters. The van der Waals surface area contributed by atoms with Gasteiger partial charge in [-0.3, -0.25) is 4.79 Å². The zero-order chi connectivity index (χ0) is 11.2. The molecule has 4 nitrogen and oxygen atoms in total. The lowest BCUT2D eigenvalue weighted by molar-refractivity contribution is -0.135. The van der Waals surface area contributed by atoms with Crippen molar-refractivity contribution in [3.05, 3.63) is 0 Å². The number of amides is 1. The van der Waals surface area contributed by atoms with Gasteiger partial charge in [-0.25, -0.2) is 0 Å². The van der Waals surface area contributed by atoms with Crippen molar-refractivity contribution in [2.75, 3.05) is 0 Å². The molecule has 2 saturated carbocycles. The van der Waals surface area contributed by atoms with Crippen molar-refractivity contribution < 1.29 is 9.53 Å². The molecule has 2 aliphatic carbocycles. The molecular weight excluding hydrogens is 204 g/mol. The molecule has 3 rings (SSSR count). The van der Waals surface area contributed by atoms with Crippen molar-refractivity contribution in [1.82, 2.24) is 0 Å². The second-order valence-corrected chi connectivity index (χ2v) is 5.56. The Morgan fingerprint density at radius 2 is 1.69 bits per heavy atom. The molecule has 2 N–H and O–H groups in total. The lowest BCUT2D eigenvalue weighted by atomic mass is 9.67. The van der Waals surface area contributed by atoms with Crippen molar-refractivity contribution in [3.8, 4) is 0 Å². The van der Waals surface area contributed by atoms with Gasteiger partial charge in [-0.15, -0.1) is 0 Å². The van der Waals surface area contributed by atoms with Crippen LogP contribution < -0.4 is 5.73 Å². The maximum absolute atomic E-state index is 11.8. The standard InChI is InChI=1S/C12H18N2O2/c13-10-14-9(15)12(16-10)7-5-11(6-8-12)3-1-2-4-11/h1-8H2,(H2,13,14,15). The van der Waals surface area contributed by atoms with Crippen LogP contribution in [0.1, 0.15) is 51.4 Å². The lowest BCUT2D eigenvalue weighted by Gasteiger charge is -2.40. The van der Waals surface area contributed by atoms with Crippen molar-refractivity contribution in [2.45, 2.75) is 57.0 Å². The summed E-state index contributed by atoms with van der Waals surface area (Å²) in [4.78, 5) is 15.5. The largest absolute Gasteiger partial charge is 0.448 e. The van der Waals surface area contributed by atoms with Crippen LogP contribution in [0, 0.1) is 5.41 Å². The number of carbonyl (C=O) groups is 1. The van der Waals surface area contributed by atoms with Gasteiger partial charge < -0.3 is 10.5 Å². The predicted molar refractivity (Wildman–Crippen MR) is 59.8 cm³/mol. The molecule has 0 bridgehead atoms. The summed E-state index contributed by atoms with van der Waals surface area (Å²) < 4.78 is 5.48. The van der Waals surface area contributed by atoms with Crippen LogP contribution in [-0.4, -0.2) is 17.5 Å². The van der Waals surface area contributed by atoms with Crippen LogP contribution in [0.15, 0.2) is 4.99 Å². The molecule has 0 radical (unpaired) electrons. The monoisotopic (exact) mass is 222 g/mol. The zero-order valence-electron chi connectivity index (χ0n) is 9.50. The second-order valence-electron chi connectivity index (χ2n) is 5.56. The molecule has 0 aromatic heterocycles. The number of amidine groups is 1. The molecule has 2 fully saturated rings. The molecule has 0 aromatic carbocycles. The molecule has 0 aromatic rings. The third kappa shape index (κ3) is 1.35. The van der Waals surface area contributed by atoms with E-state index in [1.165, 1.54) is 25.7 Å². The van der Waals surface area contributed by atoms with Crippen LogP contribution in [0.2, 0.25) is 0 Å². The first-order chi connectivity index (χ1) is 7.64. The third-order valence-corrected chi connectivity index (χ3v) is 4.68. The van der Waals surface area contributed by atoms with E-state index in [1.54, 1.807) is 0 Å². The van der Waals surface area contributed by atoms with Gasteiger partial charge in [-0.05, 0) is 43.9 Å². The molecular formula is C12H18N2O2. The topological polar surface area (TPSA) is 64.7 Å². The van der Waals surface area contributed by atoms with Crippen molar-refractivity contribution in [3.63, 3.8) is 0 Å². The highest BCUT2D eigenvalue weighted by Crippen LogP contribution is 2.52. The fourth-order valence-corrected chi connectivity index (χ4v) is 3.59. The molecule has 4 heteroatoms. The number of carbonyl (C=O) groups excluding carboxylic acids is 1. The number of nitrogens with zero attached hydrogens (tertiary/aromatic N) is 1. The summed E-state index contributed by atoms with van der Waals surface area (Å²) in [5.41, 5.74) is 5.31. The highest BCUT2D eigenvalue weighted by Gasteiger charge is 2.52. The Labute approximate surface area is 95.2 Å². The fraction of sp³-hybridized carbons (Fsp3) is 0.833. The Kier molecular flexibility index (Phi) is 2.03. The first kappa shape index (κ1) is 10.1. The van der Waals surface area contributed by atoms with Crippen molar-refractivity contribution >= 4 is 11.9 Å². The number of aliphatic imine (C=N–C) groups is 1. The Morgan fingerprint density at radius 1 is 1.06 bits per heavy atom. The van der Waals surface area contributed by atoms with Gasteiger partial charge in [0, 0.05) is 0 Å². The molecule has 2 spiro atoms. The van der Waals surface area contributed by atoms with E-state index in [-0.39, 0.29) is 11.9 Å². The molecule has 1 heterocycles. The highest BCUT2D eigenvalue weighted by molar-refractivity contribution is 6.00. The molecule has 1 amide bonds. The van der Waals surface area contributed by atoms with Crippen LogP contribution in [-0.2, 0) is 9.53 Å². The predicted octanol–water partition coefficient (Wildman–Crippen LogP) is 1.73. The van der Waals surface area contributed by atoms with Crippen LogP contribution in [0.4, 0.5) is 0 Å². The summed E-state index contributed by atoms with van der Waals surface area (Å²) in [6, 6.07) is 0.0624. The molecule has 1 aliphatic heterocycles. The van der Waals surface area contributed by atoms with E-state index < -0.39 is 5.60 Å². The number of nitrogens with two attached hydrogens (primary N) is 1. The van der Waals surface area contributed by atoms with E-state index in [9.17, 15) is 4.79 Å². The first-order valence-corrected chi connectivity index (χ1v) is 6.22. The van der Waals surface area contributed by atoms with Crippen molar-refractivity contribution in [2.24, 2.45) is 16.1 Å². The summed E-state index contributed by atoms with van der Waals surface area (Å²) in [7, 11) is 0. The number of rotatable bonds is 0. The van der Waals surface area contributed by atoms with Gasteiger partial charge in [-0.1, -0.05) is 12.8 Å². The molecule has 0 saturated heterocycles. The third-order valence-electron chi connectivity index (χ3n) is 4.68. The van der Waals surface area contributed by atoms with E-state index >= 15 is 0 Å². The van der Waals surface area contributed by atoms with E-state index in [4.69, 9.17) is 10.5 Å². The summed E-state index contributed by atoms with van der Waals surface area (Å²) in [5.74, 6) is -0.155. The van der Waals surface area contributed by atoms with E-state index in [0.717, 1.165) is 25.7 Å². The van der Waals surface area contributed by atoms with E-state index in [1.807, 2.05) is 0 Å². The van der Waals surface area contributed by atoms with Gasteiger partial charge >= 0.3 is 0 Å². The lowest BCUT2D eigenvalue weighted by Crippen LogP contribution is -2.44. The SMILES string of the molecule is NC1=NC(=O)C2(CCC3(CCCC3)CC2)O1. The van der Waals surface area contributed by atoms with Gasteiger partial charge in [0.05, 0.1) is 0 Å². The summed E-state index contributed by atoms with van der Waals surface area (Å²) in [5, 5.41) is 0. The Balaban J connectivity index is 1.73.